The summed E-state index contributed by atoms with van der Waals surface area (Å²) in [4.78, 5) is 17.1. The monoisotopic (exact) mass is 467 g/mol. The second-order valence-corrected chi connectivity index (χ2v) is 9.63. The first-order valence-corrected chi connectivity index (χ1v) is 10.8. The lowest BCUT2D eigenvalue weighted by Crippen LogP contribution is -2.63. The summed E-state index contributed by atoms with van der Waals surface area (Å²) in [5.74, 6) is -2.17. The van der Waals surface area contributed by atoms with Gasteiger partial charge < -0.3 is 14.6 Å². The van der Waals surface area contributed by atoms with E-state index >= 15 is 4.39 Å². The summed E-state index contributed by atoms with van der Waals surface area (Å²) < 4.78 is 78.2. The van der Waals surface area contributed by atoms with Crippen LogP contribution in [0.25, 0.3) is 10.9 Å². The van der Waals surface area contributed by atoms with E-state index in [0.717, 1.165) is 19.7 Å². The lowest BCUT2D eigenvalue weighted by molar-refractivity contribution is -0.239. The number of amides is 1. The lowest BCUT2D eigenvalue weighted by Gasteiger charge is -2.59. The van der Waals surface area contributed by atoms with E-state index in [1.165, 1.54) is 17.0 Å². The Balaban J connectivity index is 1.52. The van der Waals surface area contributed by atoms with Crippen LogP contribution in [0, 0.1) is 28.5 Å². The summed E-state index contributed by atoms with van der Waals surface area (Å²) in [6.07, 6.45) is -3.44. The molecule has 0 spiro atoms. The molecule has 2 aromatic rings. The maximum absolute atomic E-state index is 16.0. The van der Waals surface area contributed by atoms with Gasteiger partial charge in [0.2, 0.25) is 11.6 Å². The number of nitriles is 1. The van der Waals surface area contributed by atoms with Gasteiger partial charge in [0.05, 0.1) is 25.0 Å². The smallest absolute Gasteiger partial charge is 0.427 e. The summed E-state index contributed by atoms with van der Waals surface area (Å²) in [5, 5.41) is 9.04. The molecule has 5 nitrogen and oxygen atoms in total. The van der Waals surface area contributed by atoms with E-state index in [0.29, 0.717) is 25.7 Å². The molecule has 0 radical (unpaired) electrons. The third kappa shape index (κ3) is 3.11. The Labute approximate surface area is 186 Å². The van der Waals surface area contributed by atoms with Crippen molar-refractivity contribution in [3.63, 3.8) is 0 Å². The van der Waals surface area contributed by atoms with Crippen LogP contribution in [-0.2, 0) is 10.5 Å². The van der Waals surface area contributed by atoms with Gasteiger partial charge in [-0.25, -0.2) is 8.78 Å². The number of alkyl halides is 4. The average Bonchev–Trinajstić information content (AvgIpc) is 3.18. The number of methoxy groups -OCH3 is 1. The first kappa shape index (κ1) is 22.0. The second kappa shape index (κ2) is 7.08. The number of carbonyl (C=O) groups excluding carboxylic acids is 1. The van der Waals surface area contributed by atoms with Gasteiger partial charge in [-0.1, -0.05) is 0 Å². The fraction of sp³-hybridized carbons (Fsp3) is 0.565. The highest BCUT2D eigenvalue weighted by Crippen LogP contribution is 2.57. The number of ether oxygens (including phenoxy) is 1. The van der Waals surface area contributed by atoms with E-state index in [4.69, 9.17) is 4.74 Å². The van der Waals surface area contributed by atoms with Crippen LogP contribution in [0.15, 0.2) is 18.3 Å². The highest BCUT2D eigenvalue weighted by atomic mass is 19.4. The highest BCUT2D eigenvalue weighted by molar-refractivity contribution is 5.88. The third-order valence-electron chi connectivity index (χ3n) is 7.69. The van der Waals surface area contributed by atoms with Crippen molar-refractivity contribution in [2.24, 2.45) is 11.3 Å². The molecule has 3 unspecified atom stereocenters. The molecular weight excluding hydrogens is 445 g/mol. The summed E-state index contributed by atoms with van der Waals surface area (Å²) in [6.45, 7) is 0. The average molecular weight is 467 g/mol. The predicted molar refractivity (Wildman–Crippen MR) is 107 cm³/mol. The fourth-order valence-corrected chi connectivity index (χ4v) is 6.45. The molecular formula is C23H22F5N3O2. The molecule has 4 aliphatic rings. The first-order chi connectivity index (χ1) is 15.5. The number of H-pyrrole nitrogens is 1. The van der Waals surface area contributed by atoms with Crippen LogP contribution in [0.3, 0.4) is 0 Å². The zero-order chi connectivity index (χ0) is 23.8. The van der Waals surface area contributed by atoms with Gasteiger partial charge in [-0.2, -0.15) is 18.4 Å². The van der Waals surface area contributed by atoms with Crippen molar-refractivity contribution in [2.45, 2.75) is 62.5 Å². The predicted octanol–water partition coefficient (Wildman–Crippen LogP) is 5.12. The van der Waals surface area contributed by atoms with Crippen molar-refractivity contribution < 1.29 is 31.5 Å². The van der Waals surface area contributed by atoms with Gasteiger partial charge in [0.1, 0.15) is 0 Å². The van der Waals surface area contributed by atoms with Crippen molar-refractivity contribution in [1.82, 2.24) is 9.88 Å². The minimum Gasteiger partial charge on any atom is -0.494 e. The van der Waals surface area contributed by atoms with Gasteiger partial charge in [-0.3, -0.25) is 4.79 Å². The molecule has 1 N–H and O–H groups in total. The quantitative estimate of drug-likeness (QED) is 0.635. The molecule has 2 aliphatic carbocycles. The van der Waals surface area contributed by atoms with Crippen LogP contribution in [0.1, 0.15) is 44.1 Å². The Kier molecular flexibility index (Phi) is 4.72. The molecule has 1 aromatic carbocycles. The zero-order valence-electron chi connectivity index (χ0n) is 17.8. The maximum atomic E-state index is 16.0. The van der Waals surface area contributed by atoms with E-state index in [-0.39, 0.29) is 29.3 Å². The van der Waals surface area contributed by atoms with Gasteiger partial charge in [0, 0.05) is 34.7 Å². The van der Waals surface area contributed by atoms with Gasteiger partial charge in [0.25, 0.3) is 0 Å². The molecule has 10 heteroatoms. The van der Waals surface area contributed by atoms with Crippen molar-refractivity contribution in [1.29, 1.82) is 5.26 Å². The summed E-state index contributed by atoms with van der Waals surface area (Å²) >= 11 is 0. The van der Waals surface area contributed by atoms with E-state index in [2.05, 4.69) is 11.1 Å². The number of nitrogens with zero attached hydrogens (tertiary/aromatic N) is 2. The van der Waals surface area contributed by atoms with Crippen LogP contribution in [0.4, 0.5) is 22.0 Å². The van der Waals surface area contributed by atoms with E-state index in [1.807, 2.05) is 0 Å². The minimum atomic E-state index is -5.46. The normalized spacial score (nSPS) is 30.3. The number of nitrogens with one attached hydrogen (secondary N) is 1. The molecule has 4 bridgehead atoms. The van der Waals surface area contributed by atoms with Crippen LogP contribution in [0.5, 0.6) is 5.75 Å². The molecule has 1 aromatic heterocycles. The zero-order valence-corrected chi connectivity index (χ0v) is 17.8. The highest BCUT2D eigenvalue weighted by Gasteiger charge is 2.62. The number of hydrogen-bond donors (Lipinski definition) is 1. The Morgan fingerprint density at radius 3 is 2.48 bits per heavy atom. The van der Waals surface area contributed by atoms with Crippen molar-refractivity contribution in [3.05, 3.63) is 29.7 Å². The molecule has 6 rings (SSSR count). The number of halogens is 5. The van der Waals surface area contributed by atoms with Gasteiger partial charge in [-0.15, -0.1) is 0 Å². The van der Waals surface area contributed by atoms with Crippen LogP contribution >= 0.6 is 0 Å². The topological polar surface area (TPSA) is 69.1 Å². The number of aromatic amines is 1. The number of piperidine rings is 2. The van der Waals surface area contributed by atoms with Crippen molar-refractivity contribution in [3.8, 4) is 11.8 Å². The van der Waals surface area contributed by atoms with Gasteiger partial charge >= 0.3 is 6.18 Å². The maximum Gasteiger partial charge on any atom is 0.427 e. The Morgan fingerprint density at radius 1 is 1.24 bits per heavy atom. The number of carbonyl (C=O) groups is 1. The number of fused-ring (bicyclic) bond motifs is 1. The number of benzene rings is 1. The SMILES string of the molecule is COc1ccc2[nH]cc(C(F)(CC(=O)N3C4CC5CC3CC(C#N)(C5)C4)C(F)(F)F)c2c1F. The summed E-state index contributed by atoms with van der Waals surface area (Å²) in [6, 6.07) is 4.12. The van der Waals surface area contributed by atoms with Gasteiger partial charge in [0.15, 0.2) is 11.6 Å². The molecule has 2 aliphatic heterocycles. The molecule has 2 saturated heterocycles. The first-order valence-electron chi connectivity index (χ1n) is 10.8. The van der Waals surface area contributed by atoms with Crippen molar-refractivity contribution >= 4 is 16.8 Å². The van der Waals surface area contributed by atoms with Crippen molar-refractivity contribution in [2.75, 3.05) is 7.11 Å². The minimum absolute atomic E-state index is 0.0343. The number of rotatable bonds is 4. The molecule has 33 heavy (non-hydrogen) atoms. The molecule has 1 amide bonds. The number of aromatic nitrogens is 1. The molecule has 3 atom stereocenters. The van der Waals surface area contributed by atoms with Crippen LogP contribution in [0.2, 0.25) is 0 Å². The summed E-state index contributed by atoms with van der Waals surface area (Å²) in [5.41, 5.74) is -5.67. The largest absolute Gasteiger partial charge is 0.494 e. The van der Waals surface area contributed by atoms with E-state index in [9.17, 15) is 27.6 Å². The van der Waals surface area contributed by atoms with E-state index < -0.39 is 46.4 Å². The Bertz CT molecular complexity index is 1150. The van der Waals surface area contributed by atoms with Crippen LogP contribution in [-0.4, -0.2) is 41.2 Å². The second-order valence-electron chi connectivity index (χ2n) is 9.63. The molecule has 176 valence electrons. The van der Waals surface area contributed by atoms with E-state index in [1.54, 1.807) is 0 Å². The molecule has 4 fully saturated rings. The molecule has 2 saturated carbocycles. The van der Waals surface area contributed by atoms with Crippen LogP contribution < -0.4 is 4.74 Å². The molecule has 3 heterocycles. The Hall–Kier alpha value is -2.83. The third-order valence-corrected chi connectivity index (χ3v) is 7.69. The lowest BCUT2D eigenvalue weighted by atomic mass is 9.56. The standard InChI is InChI=1S/C23H22F5N3O2/c1-33-17-3-2-16-19(20(17)24)15(10-30-16)22(25,23(26,27)28)9-18(32)31-13-4-12-5-14(31)8-21(6-12,7-13)11-29/h2-3,10,12-14,30H,4-9H2,1H3. The van der Waals surface area contributed by atoms with Gasteiger partial charge in [-0.05, 0) is 50.2 Å². The number of hydrogen-bond acceptors (Lipinski definition) is 3. The fourth-order valence-electron chi connectivity index (χ4n) is 6.45. The Morgan fingerprint density at radius 2 is 1.91 bits per heavy atom. The summed E-state index contributed by atoms with van der Waals surface area (Å²) in [7, 11) is 1.15.